The van der Waals surface area contributed by atoms with E-state index >= 15 is 0 Å². The Labute approximate surface area is 106 Å². The van der Waals surface area contributed by atoms with E-state index in [0.29, 0.717) is 13.1 Å². The lowest BCUT2D eigenvalue weighted by Crippen LogP contribution is -2.46. The standard InChI is InChI=1S/C13H18N2O3/c14-7-1-2-12-8-15(13(17)9-18-12)10-3-5-11(16)6-4-10/h3-6,12,16H,1-2,7-9,14H2. The summed E-state index contributed by atoms with van der Waals surface area (Å²) in [4.78, 5) is 13.5. The molecular weight excluding hydrogens is 232 g/mol. The quantitative estimate of drug-likeness (QED) is 0.831. The van der Waals surface area contributed by atoms with Gasteiger partial charge in [-0.25, -0.2) is 0 Å². The Morgan fingerprint density at radius 2 is 2.11 bits per heavy atom. The van der Waals surface area contributed by atoms with Crippen molar-refractivity contribution in [3.63, 3.8) is 0 Å². The summed E-state index contributed by atoms with van der Waals surface area (Å²) in [5, 5.41) is 9.25. The van der Waals surface area contributed by atoms with Gasteiger partial charge in [-0.05, 0) is 43.7 Å². The van der Waals surface area contributed by atoms with Crippen molar-refractivity contribution >= 4 is 11.6 Å². The zero-order chi connectivity index (χ0) is 13.0. The molecule has 1 aliphatic heterocycles. The molecule has 1 unspecified atom stereocenters. The average Bonchev–Trinajstić information content (AvgIpc) is 2.39. The van der Waals surface area contributed by atoms with Crippen LogP contribution in [0.3, 0.4) is 0 Å². The molecule has 1 aromatic carbocycles. The Kier molecular flexibility index (Phi) is 4.17. The Morgan fingerprint density at radius 3 is 2.78 bits per heavy atom. The number of carbonyl (C=O) groups excluding carboxylic acids is 1. The summed E-state index contributed by atoms with van der Waals surface area (Å²) in [7, 11) is 0. The summed E-state index contributed by atoms with van der Waals surface area (Å²) >= 11 is 0. The van der Waals surface area contributed by atoms with Gasteiger partial charge >= 0.3 is 0 Å². The van der Waals surface area contributed by atoms with Crippen molar-refractivity contribution in [3.8, 4) is 5.75 Å². The third-order valence-electron chi connectivity index (χ3n) is 3.02. The smallest absolute Gasteiger partial charge is 0.253 e. The topological polar surface area (TPSA) is 75.8 Å². The number of benzene rings is 1. The molecule has 1 fully saturated rings. The van der Waals surface area contributed by atoms with Crippen molar-refractivity contribution < 1.29 is 14.6 Å². The van der Waals surface area contributed by atoms with Gasteiger partial charge < -0.3 is 20.5 Å². The maximum Gasteiger partial charge on any atom is 0.253 e. The minimum atomic E-state index is -0.0512. The molecule has 98 valence electrons. The lowest BCUT2D eigenvalue weighted by atomic mass is 10.1. The number of amides is 1. The van der Waals surface area contributed by atoms with E-state index in [2.05, 4.69) is 0 Å². The van der Waals surface area contributed by atoms with Gasteiger partial charge in [-0.3, -0.25) is 4.79 Å². The van der Waals surface area contributed by atoms with Crippen LogP contribution in [0.5, 0.6) is 5.75 Å². The van der Waals surface area contributed by atoms with Gasteiger partial charge in [0, 0.05) is 5.69 Å². The predicted molar refractivity (Wildman–Crippen MR) is 68.5 cm³/mol. The number of morpholine rings is 1. The van der Waals surface area contributed by atoms with Crippen LogP contribution in [-0.2, 0) is 9.53 Å². The third-order valence-corrected chi connectivity index (χ3v) is 3.02. The number of rotatable bonds is 4. The van der Waals surface area contributed by atoms with Crippen molar-refractivity contribution in [2.24, 2.45) is 5.73 Å². The molecule has 2 rings (SSSR count). The first-order chi connectivity index (χ1) is 8.70. The van der Waals surface area contributed by atoms with E-state index in [4.69, 9.17) is 10.5 Å². The van der Waals surface area contributed by atoms with Crippen LogP contribution < -0.4 is 10.6 Å². The van der Waals surface area contributed by atoms with Crippen molar-refractivity contribution in [3.05, 3.63) is 24.3 Å². The van der Waals surface area contributed by atoms with Crippen LogP contribution in [-0.4, -0.2) is 36.8 Å². The highest BCUT2D eigenvalue weighted by Gasteiger charge is 2.26. The van der Waals surface area contributed by atoms with Crippen molar-refractivity contribution in [2.75, 3.05) is 24.6 Å². The molecule has 3 N–H and O–H groups in total. The predicted octanol–water partition coefficient (Wildman–Crippen LogP) is 0.863. The van der Waals surface area contributed by atoms with Crippen LogP contribution >= 0.6 is 0 Å². The van der Waals surface area contributed by atoms with Gasteiger partial charge in [-0.1, -0.05) is 0 Å². The first-order valence-corrected chi connectivity index (χ1v) is 6.12. The maximum absolute atomic E-state index is 11.8. The van der Waals surface area contributed by atoms with Crippen molar-refractivity contribution in [1.82, 2.24) is 0 Å². The number of hydrogen-bond acceptors (Lipinski definition) is 4. The number of ether oxygens (including phenoxy) is 1. The van der Waals surface area contributed by atoms with E-state index in [1.54, 1.807) is 29.2 Å². The molecule has 0 aromatic heterocycles. The number of nitrogens with zero attached hydrogens (tertiary/aromatic N) is 1. The summed E-state index contributed by atoms with van der Waals surface area (Å²) in [5.41, 5.74) is 6.26. The fourth-order valence-electron chi connectivity index (χ4n) is 2.03. The molecule has 1 aromatic rings. The van der Waals surface area contributed by atoms with Crippen LogP contribution in [0, 0.1) is 0 Å². The molecule has 5 nitrogen and oxygen atoms in total. The highest BCUT2D eigenvalue weighted by molar-refractivity contribution is 5.95. The van der Waals surface area contributed by atoms with Gasteiger partial charge in [-0.15, -0.1) is 0 Å². The summed E-state index contributed by atoms with van der Waals surface area (Å²) in [5.74, 6) is 0.142. The molecule has 0 saturated carbocycles. The fourth-order valence-corrected chi connectivity index (χ4v) is 2.03. The van der Waals surface area contributed by atoms with Gasteiger partial charge in [0.15, 0.2) is 0 Å². The van der Waals surface area contributed by atoms with Gasteiger partial charge in [-0.2, -0.15) is 0 Å². The van der Waals surface area contributed by atoms with E-state index in [0.717, 1.165) is 18.5 Å². The number of aromatic hydroxyl groups is 1. The minimum Gasteiger partial charge on any atom is -0.508 e. The molecule has 5 heteroatoms. The second-order valence-corrected chi connectivity index (χ2v) is 4.38. The Hall–Kier alpha value is -1.59. The summed E-state index contributed by atoms with van der Waals surface area (Å²) in [6.07, 6.45) is 1.79. The van der Waals surface area contributed by atoms with Crippen LogP contribution in [0.1, 0.15) is 12.8 Å². The number of hydrogen-bond donors (Lipinski definition) is 2. The molecule has 0 bridgehead atoms. The molecule has 1 atom stereocenters. The monoisotopic (exact) mass is 250 g/mol. The van der Waals surface area contributed by atoms with E-state index in [1.807, 2.05) is 0 Å². The molecule has 0 aliphatic carbocycles. The first-order valence-electron chi connectivity index (χ1n) is 6.12. The summed E-state index contributed by atoms with van der Waals surface area (Å²) in [6.45, 7) is 1.28. The molecule has 18 heavy (non-hydrogen) atoms. The Bertz CT molecular complexity index is 405. The largest absolute Gasteiger partial charge is 0.508 e. The number of phenols is 1. The minimum absolute atomic E-state index is 0.0417. The first kappa shape index (κ1) is 12.9. The molecule has 1 saturated heterocycles. The molecule has 0 spiro atoms. The van der Waals surface area contributed by atoms with E-state index in [-0.39, 0.29) is 24.4 Å². The summed E-state index contributed by atoms with van der Waals surface area (Å²) in [6, 6.07) is 6.62. The molecule has 1 aliphatic rings. The number of phenolic OH excluding ortho intramolecular Hbond substituents is 1. The van der Waals surface area contributed by atoms with Crippen LogP contribution in [0.4, 0.5) is 5.69 Å². The van der Waals surface area contributed by atoms with Gasteiger partial charge in [0.2, 0.25) is 0 Å². The van der Waals surface area contributed by atoms with Crippen molar-refractivity contribution in [1.29, 1.82) is 0 Å². The third kappa shape index (κ3) is 3.00. The van der Waals surface area contributed by atoms with E-state index < -0.39 is 0 Å². The van der Waals surface area contributed by atoms with Gasteiger partial charge in [0.1, 0.15) is 12.4 Å². The number of nitrogens with two attached hydrogens (primary N) is 1. The maximum atomic E-state index is 11.8. The van der Waals surface area contributed by atoms with Crippen LogP contribution in [0.15, 0.2) is 24.3 Å². The summed E-state index contributed by atoms with van der Waals surface area (Å²) < 4.78 is 5.47. The number of carbonyl (C=O) groups is 1. The highest BCUT2D eigenvalue weighted by atomic mass is 16.5. The molecule has 0 radical (unpaired) electrons. The second-order valence-electron chi connectivity index (χ2n) is 4.38. The van der Waals surface area contributed by atoms with Crippen molar-refractivity contribution in [2.45, 2.75) is 18.9 Å². The fraction of sp³-hybridized carbons (Fsp3) is 0.462. The zero-order valence-corrected chi connectivity index (χ0v) is 10.2. The van der Waals surface area contributed by atoms with Crippen LogP contribution in [0.2, 0.25) is 0 Å². The molecule has 1 amide bonds. The van der Waals surface area contributed by atoms with E-state index in [9.17, 15) is 9.90 Å². The van der Waals surface area contributed by atoms with Gasteiger partial charge in [0.25, 0.3) is 5.91 Å². The number of anilines is 1. The Morgan fingerprint density at radius 1 is 1.39 bits per heavy atom. The highest BCUT2D eigenvalue weighted by Crippen LogP contribution is 2.22. The normalized spacial score (nSPS) is 20.2. The lowest BCUT2D eigenvalue weighted by molar-refractivity contribution is -0.129. The SMILES string of the molecule is NCCCC1CN(c2ccc(O)cc2)C(=O)CO1. The average molecular weight is 250 g/mol. The molecule has 1 heterocycles. The zero-order valence-electron chi connectivity index (χ0n) is 10.2. The van der Waals surface area contributed by atoms with E-state index in [1.165, 1.54) is 0 Å². The second kappa shape index (κ2) is 5.84. The van der Waals surface area contributed by atoms with Crippen LogP contribution in [0.25, 0.3) is 0 Å². The lowest BCUT2D eigenvalue weighted by Gasteiger charge is -2.32. The molecular formula is C13H18N2O3. The van der Waals surface area contributed by atoms with Gasteiger partial charge in [0.05, 0.1) is 12.6 Å². The Balaban J connectivity index is 2.05.